The normalized spacial score (nSPS) is 12.4. The summed E-state index contributed by atoms with van der Waals surface area (Å²) in [6.07, 6.45) is 1.54. The average molecular weight is 320 g/mol. The first kappa shape index (κ1) is 17.2. The lowest BCUT2D eigenvalue weighted by Crippen LogP contribution is -2.41. The fourth-order valence-corrected chi connectivity index (χ4v) is 2.46. The zero-order valence-corrected chi connectivity index (χ0v) is 13.3. The van der Waals surface area contributed by atoms with Gasteiger partial charge in [-0.2, -0.15) is 0 Å². The second-order valence-corrected chi connectivity index (χ2v) is 5.48. The van der Waals surface area contributed by atoms with E-state index in [1.54, 1.807) is 49.5 Å². The predicted octanol–water partition coefficient (Wildman–Crippen LogP) is 2.04. The zero-order valence-electron chi connectivity index (χ0n) is 13.3. The molecular formula is C17H21FN2O3. The molecule has 23 heavy (non-hydrogen) atoms. The Bertz CT molecular complexity index is 611. The molecule has 1 heterocycles. The smallest absolute Gasteiger partial charge is 0.245 e. The largest absolute Gasteiger partial charge is 0.467 e. The molecule has 1 aromatic heterocycles. The van der Waals surface area contributed by atoms with Crippen LogP contribution in [0.5, 0.6) is 0 Å². The van der Waals surface area contributed by atoms with Gasteiger partial charge in [0.05, 0.1) is 19.4 Å². The highest BCUT2D eigenvalue weighted by molar-refractivity contribution is 5.83. The number of amides is 1. The standard InChI is InChI=1S/C17H21FN2O3/c1-19(2)16(13-5-7-14(18)8-6-13)17(22)20(9-10-21)12-15-4-3-11-23-15/h3-8,11,16,21H,9-10,12H2,1-2H3. The van der Waals surface area contributed by atoms with Crippen molar-refractivity contribution in [2.24, 2.45) is 0 Å². The Kier molecular flexibility index (Phi) is 5.90. The third kappa shape index (κ3) is 4.40. The summed E-state index contributed by atoms with van der Waals surface area (Å²) in [5.74, 6) is 0.122. The van der Waals surface area contributed by atoms with Gasteiger partial charge < -0.3 is 14.4 Å². The summed E-state index contributed by atoms with van der Waals surface area (Å²) < 4.78 is 18.4. The third-order valence-electron chi connectivity index (χ3n) is 3.54. The molecule has 6 heteroatoms. The van der Waals surface area contributed by atoms with Crippen LogP contribution in [0.3, 0.4) is 0 Å². The topological polar surface area (TPSA) is 56.9 Å². The number of hydrogen-bond donors (Lipinski definition) is 1. The first-order chi connectivity index (χ1) is 11.0. The lowest BCUT2D eigenvalue weighted by molar-refractivity contribution is -0.137. The average Bonchev–Trinajstić information content (AvgIpc) is 3.01. The number of benzene rings is 1. The Morgan fingerprint density at radius 3 is 2.48 bits per heavy atom. The second kappa shape index (κ2) is 7.89. The van der Waals surface area contributed by atoms with E-state index in [2.05, 4.69) is 0 Å². The van der Waals surface area contributed by atoms with Gasteiger partial charge in [-0.15, -0.1) is 0 Å². The maximum atomic E-state index is 13.1. The SMILES string of the molecule is CN(C)C(C(=O)N(CCO)Cc1ccco1)c1ccc(F)cc1. The predicted molar refractivity (Wildman–Crippen MR) is 84.0 cm³/mol. The number of furan rings is 1. The highest BCUT2D eigenvalue weighted by Crippen LogP contribution is 2.22. The maximum absolute atomic E-state index is 13.1. The molecule has 0 aliphatic heterocycles. The van der Waals surface area contributed by atoms with E-state index in [4.69, 9.17) is 4.42 Å². The minimum atomic E-state index is -0.558. The third-order valence-corrected chi connectivity index (χ3v) is 3.54. The van der Waals surface area contributed by atoms with Crippen LogP contribution in [0, 0.1) is 5.82 Å². The van der Waals surface area contributed by atoms with Crippen molar-refractivity contribution < 1.29 is 18.7 Å². The van der Waals surface area contributed by atoms with E-state index in [0.717, 1.165) is 0 Å². The molecule has 1 aromatic carbocycles. The molecular weight excluding hydrogens is 299 g/mol. The number of likely N-dealkylation sites (N-methyl/N-ethyl adjacent to an activating group) is 1. The minimum Gasteiger partial charge on any atom is -0.467 e. The molecule has 0 saturated heterocycles. The van der Waals surface area contributed by atoms with Crippen molar-refractivity contribution >= 4 is 5.91 Å². The van der Waals surface area contributed by atoms with Gasteiger partial charge >= 0.3 is 0 Å². The van der Waals surface area contributed by atoms with Crippen LogP contribution >= 0.6 is 0 Å². The summed E-state index contributed by atoms with van der Waals surface area (Å²) in [7, 11) is 3.58. The van der Waals surface area contributed by atoms with Gasteiger partial charge in [0.1, 0.15) is 17.6 Å². The van der Waals surface area contributed by atoms with Crippen LogP contribution in [-0.2, 0) is 11.3 Å². The number of halogens is 1. The lowest BCUT2D eigenvalue weighted by atomic mass is 10.0. The molecule has 1 N–H and O–H groups in total. The number of hydrogen-bond acceptors (Lipinski definition) is 4. The van der Waals surface area contributed by atoms with E-state index < -0.39 is 6.04 Å². The number of aliphatic hydroxyl groups excluding tert-OH is 1. The fourth-order valence-electron chi connectivity index (χ4n) is 2.46. The van der Waals surface area contributed by atoms with Gasteiger partial charge in [0.25, 0.3) is 0 Å². The van der Waals surface area contributed by atoms with E-state index in [-0.39, 0.29) is 31.4 Å². The molecule has 2 rings (SSSR count). The van der Waals surface area contributed by atoms with Gasteiger partial charge in [0.15, 0.2) is 0 Å². The Balaban J connectivity index is 2.24. The number of rotatable bonds is 7. The van der Waals surface area contributed by atoms with E-state index in [1.165, 1.54) is 17.0 Å². The summed E-state index contributed by atoms with van der Waals surface area (Å²) in [6.45, 7) is 0.332. The van der Waals surface area contributed by atoms with E-state index in [1.807, 2.05) is 0 Å². The summed E-state index contributed by atoms with van der Waals surface area (Å²) in [5, 5.41) is 9.25. The van der Waals surface area contributed by atoms with Crippen LogP contribution in [0.1, 0.15) is 17.4 Å². The first-order valence-electron chi connectivity index (χ1n) is 7.37. The molecule has 0 saturated carbocycles. The van der Waals surface area contributed by atoms with Gasteiger partial charge in [-0.3, -0.25) is 9.69 Å². The van der Waals surface area contributed by atoms with Crippen molar-refractivity contribution in [3.05, 3.63) is 59.8 Å². The van der Waals surface area contributed by atoms with Gasteiger partial charge in [-0.1, -0.05) is 12.1 Å². The van der Waals surface area contributed by atoms with Crippen LogP contribution in [0.25, 0.3) is 0 Å². The molecule has 0 spiro atoms. The second-order valence-electron chi connectivity index (χ2n) is 5.48. The van der Waals surface area contributed by atoms with Crippen LogP contribution < -0.4 is 0 Å². The molecule has 1 amide bonds. The molecule has 124 valence electrons. The van der Waals surface area contributed by atoms with Crippen LogP contribution in [0.2, 0.25) is 0 Å². The van der Waals surface area contributed by atoms with Crippen LogP contribution in [-0.4, -0.2) is 48.1 Å². The van der Waals surface area contributed by atoms with Crippen molar-refractivity contribution in [2.45, 2.75) is 12.6 Å². The van der Waals surface area contributed by atoms with Gasteiger partial charge in [-0.05, 0) is 43.9 Å². The van der Waals surface area contributed by atoms with E-state index in [9.17, 15) is 14.3 Å². The number of carbonyl (C=O) groups excluding carboxylic acids is 1. The van der Waals surface area contributed by atoms with E-state index in [0.29, 0.717) is 11.3 Å². The molecule has 0 aliphatic rings. The number of carbonyl (C=O) groups is 1. The number of aliphatic hydroxyl groups is 1. The summed E-state index contributed by atoms with van der Waals surface area (Å²) >= 11 is 0. The van der Waals surface area contributed by atoms with Crippen molar-refractivity contribution in [1.82, 2.24) is 9.80 Å². The van der Waals surface area contributed by atoms with Gasteiger partial charge in [0, 0.05) is 6.54 Å². The minimum absolute atomic E-state index is 0.143. The van der Waals surface area contributed by atoms with Gasteiger partial charge in [0.2, 0.25) is 5.91 Å². The zero-order chi connectivity index (χ0) is 16.8. The highest BCUT2D eigenvalue weighted by atomic mass is 19.1. The quantitative estimate of drug-likeness (QED) is 0.848. The Labute approximate surface area is 134 Å². The molecule has 0 bridgehead atoms. The van der Waals surface area contributed by atoms with Crippen LogP contribution in [0.4, 0.5) is 4.39 Å². The Morgan fingerprint density at radius 1 is 1.26 bits per heavy atom. The molecule has 5 nitrogen and oxygen atoms in total. The van der Waals surface area contributed by atoms with Gasteiger partial charge in [-0.25, -0.2) is 4.39 Å². The van der Waals surface area contributed by atoms with Crippen molar-refractivity contribution in [2.75, 3.05) is 27.2 Å². The fraction of sp³-hybridized carbons (Fsp3) is 0.353. The summed E-state index contributed by atoms with van der Waals surface area (Å²) in [5.41, 5.74) is 0.698. The summed E-state index contributed by atoms with van der Waals surface area (Å²) in [4.78, 5) is 16.2. The Morgan fingerprint density at radius 2 is 1.96 bits per heavy atom. The molecule has 1 atom stereocenters. The molecule has 0 aliphatic carbocycles. The van der Waals surface area contributed by atoms with E-state index >= 15 is 0 Å². The van der Waals surface area contributed by atoms with Crippen molar-refractivity contribution in [3.63, 3.8) is 0 Å². The van der Waals surface area contributed by atoms with Crippen LogP contribution in [0.15, 0.2) is 47.1 Å². The number of nitrogens with zero attached hydrogens (tertiary/aromatic N) is 2. The van der Waals surface area contributed by atoms with Crippen molar-refractivity contribution in [1.29, 1.82) is 0 Å². The summed E-state index contributed by atoms with van der Waals surface area (Å²) in [6, 6.07) is 8.84. The molecule has 0 radical (unpaired) electrons. The highest BCUT2D eigenvalue weighted by Gasteiger charge is 2.28. The molecule has 1 unspecified atom stereocenters. The monoisotopic (exact) mass is 320 g/mol. The lowest BCUT2D eigenvalue weighted by Gasteiger charge is -2.30. The van der Waals surface area contributed by atoms with Crippen molar-refractivity contribution in [3.8, 4) is 0 Å². The molecule has 2 aromatic rings. The Hall–Kier alpha value is -2.18. The first-order valence-corrected chi connectivity index (χ1v) is 7.37. The molecule has 0 fully saturated rings. The maximum Gasteiger partial charge on any atom is 0.245 e.